The van der Waals surface area contributed by atoms with Crippen LogP contribution in [0.25, 0.3) is 0 Å². The molecule has 2 unspecified atom stereocenters. The summed E-state index contributed by atoms with van der Waals surface area (Å²) >= 11 is 0. The van der Waals surface area contributed by atoms with Gasteiger partial charge in [0.15, 0.2) is 0 Å². The number of anilines is 1. The number of rotatable bonds is 2. The predicted octanol–water partition coefficient (Wildman–Crippen LogP) is 0.719. The van der Waals surface area contributed by atoms with Gasteiger partial charge in [-0.25, -0.2) is 4.98 Å². The zero-order chi connectivity index (χ0) is 17.6. The van der Waals surface area contributed by atoms with Crippen LogP contribution in [0.3, 0.4) is 0 Å². The lowest BCUT2D eigenvalue weighted by atomic mass is 10.0. The van der Waals surface area contributed by atoms with Crippen LogP contribution in [-0.4, -0.2) is 55.1 Å². The molecule has 4 rings (SSSR count). The smallest absolute Gasteiger partial charge is 0.356 e. The maximum Gasteiger partial charge on any atom is 0.417 e. The lowest BCUT2D eigenvalue weighted by Crippen LogP contribution is -2.38. The number of alkyl halides is 3. The van der Waals surface area contributed by atoms with Crippen molar-refractivity contribution in [2.24, 2.45) is 17.8 Å². The summed E-state index contributed by atoms with van der Waals surface area (Å²) in [5.74, 6) is 1.47. The SMILES string of the molecule is O=C(C1CNNC1)N1CC2CN(c3ccc(C(F)(F)F)cn3)CC2C1. The first-order valence-corrected chi connectivity index (χ1v) is 8.44. The molecule has 9 heteroatoms. The highest BCUT2D eigenvalue weighted by Gasteiger charge is 2.43. The number of nitrogens with one attached hydrogen (secondary N) is 2. The minimum absolute atomic E-state index is 0.00786. The third-order valence-electron chi connectivity index (χ3n) is 5.37. The predicted molar refractivity (Wildman–Crippen MR) is 84.5 cm³/mol. The zero-order valence-corrected chi connectivity index (χ0v) is 13.6. The molecule has 0 bridgehead atoms. The summed E-state index contributed by atoms with van der Waals surface area (Å²) in [5.41, 5.74) is 5.22. The van der Waals surface area contributed by atoms with E-state index < -0.39 is 11.7 Å². The summed E-state index contributed by atoms with van der Waals surface area (Å²) in [7, 11) is 0. The van der Waals surface area contributed by atoms with E-state index >= 15 is 0 Å². The minimum Gasteiger partial charge on any atom is -0.356 e. The number of fused-ring (bicyclic) bond motifs is 1. The van der Waals surface area contributed by atoms with Crippen molar-refractivity contribution in [1.82, 2.24) is 20.7 Å². The average Bonchev–Trinajstić information content (AvgIpc) is 3.29. The molecule has 0 aliphatic carbocycles. The Morgan fingerprint density at radius 2 is 1.72 bits per heavy atom. The van der Waals surface area contributed by atoms with Crippen LogP contribution in [0.1, 0.15) is 5.56 Å². The number of hydrogen-bond acceptors (Lipinski definition) is 5. The van der Waals surface area contributed by atoms with Crippen molar-refractivity contribution in [2.45, 2.75) is 6.18 Å². The fourth-order valence-electron chi connectivity index (χ4n) is 4.00. The molecule has 0 spiro atoms. The second kappa shape index (κ2) is 6.14. The lowest BCUT2D eigenvalue weighted by molar-refractivity contribution is -0.137. The van der Waals surface area contributed by atoms with Gasteiger partial charge in [0.05, 0.1) is 11.5 Å². The third-order valence-corrected chi connectivity index (χ3v) is 5.37. The second-order valence-corrected chi connectivity index (χ2v) is 7.03. The maximum atomic E-state index is 12.6. The molecule has 2 atom stereocenters. The second-order valence-electron chi connectivity index (χ2n) is 7.03. The van der Waals surface area contributed by atoms with Crippen molar-refractivity contribution in [1.29, 1.82) is 0 Å². The van der Waals surface area contributed by atoms with Crippen molar-refractivity contribution in [3.05, 3.63) is 23.9 Å². The first-order valence-electron chi connectivity index (χ1n) is 8.44. The van der Waals surface area contributed by atoms with Crippen molar-refractivity contribution in [3.63, 3.8) is 0 Å². The number of hydrazine groups is 1. The summed E-state index contributed by atoms with van der Waals surface area (Å²) in [6.07, 6.45) is -3.47. The maximum absolute atomic E-state index is 12.6. The molecule has 6 nitrogen and oxygen atoms in total. The van der Waals surface area contributed by atoms with Crippen LogP contribution < -0.4 is 15.8 Å². The number of likely N-dealkylation sites (tertiary alicyclic amines) is 1. The quantitative estimate of drug-likeness (QED) is 0.819. The van der Waals surface area contributed by atoms with Crippen LogP contribution in [0.4, 0.5) is 19.0 Å². The number of amides is 1. The Bertz CT molecular complexity index is 630. The van der Waals surface area contributed by atoms with Gasteiger partial charge in [-0.3, -0.25) is 15.6 Å². The number of carbonyl (C=O) groups excluding carboxylic acids is 1. The van der Waals surface area contributed by atoms with Gasteiger partial charge in [0.25, 0.3) is 0 Å². The molecule has 1 aromatic rings. The number of hydrogen-bond donors (Lipinski definition) is 2. The van der Waals surface area contributed by atoms with E-state index in [1.54, 1.807) is 0 Å². The van der Waals surface area contributed by atoms with E-state index in [4.69, 9.17) is 0 Å². The van der Waals surface area contributed by atoms with E-state index in [1.165, 1.54) is 6.07 Å². The van der Waals surface area contributed by atoms with Crippen molar-refractivity contribution >= 4 is 11.7 Å². The third kappa shape index (κ3) is 3.18. The van der Waals surface area contributed by atoms with Crippen molar-refractivity contribution in [2.75, 3.05) is 44.2 Å². The monoisotopic (exact) mass is 355 g/mol. The van der Waals surface area contributed by atoms with E-state index in [9.17, 15) is 18.0 Å². The van der Waals surface area contributed by atoms with Crippen LogP contribution in [0.5, 0.6) is 0 Å². The molecular formula is C16H20F3N5O. The van der Waals surface area contributed by atoms with E-state index in [-0.39, 0.29) is 11.8 Å². The van der Waals surface area contributed by atoms with Crippen LogP contribution in [0.2, 0.25) is 0 Å². The molecule has 0 radical (unpaired) electrons. The number of aromatic nitrogens is 1. The zero-order valence-electron chi connectivity index (χ0n) is 13.6. The fraction of sp³-hybridized carbons (Fsp3) is 0.625. The summed E-state index contributed by atoms with van der Waals surface area (Å²) in [5, 5.41) is 0. The molecule has 1 aromatic heterocycles. The highest BCUT2D eigenvalue weighted by atomic mass is 19.4. The van der Waals surface area contributed by atoms with Gasteiger partial charge in [0.1, 0.15) is 5.82 Å². The van der Waals surface area contributed by atoms with Crippen LogP contribution in [-0.2, 0) is 11.0 Å². The van der Waals surface area contributed by atoms with Gasteiger partial charge in [-0.05, 0) is 12.1 Å². The molecular weight excluding hydrogens is 335 g/mol. The molecule has 25 heavy (non-hydrogen) atoms. The first kappa shape index (κ1) is 16.6. The Hall–Kier alpha value is -1.87. The van der Waals surface area contributed by atoms with Gasteiger partial charge in [0, 0.05) is 57.3 Å². The number of carbonyl (C=O) groups is 1. The topological polar surface area (TPSA) is 60.5 Å². The van der Waals surface area contributed by atoms with Crippen LogP contribution in [0, 0.1) is 17.8 Å². The average molecular weight is 355 g/mol. The largest absolute Gasteiger partial charge is 0.417 e. The number of pyridine rings is 1. The van der Waals surface area contributed by atoms with Gasteiger partial charge in [-0.2, -0.15) is 13.2 Å². The summed E-state index contributed by atoms with van der Waals surface area (Å²) in [6, 6.07) is 2.51. The normalized spacial score (nSPS) is 27.2. The molecule has 3 aliphatic rings. The van der Waals surface area contributed by atoms with E-state index in [0.717, 1.165) is 38.4 Å². The fourth-order valence-corrected chi connectivity index (χ4v) is 4.00. The van der Waals surface area contributed by atoms with Crippen LogP contribution in [0.15, 0.2) is 18.3 Å². The van der Waals surface area contributed by atoms with E-state index in [0.29, 0.717) is 30.7 Å². The number of nitrogens with zero attached hydrogens (tertiary/aromatic N) is 3. The molecule has 3 saturated heterocycles. The van der Waals surface area contributed by atoms with Gasteiger partial charge < -0.3 is 9.80 Å². The molecule has 3 fully saturated rings. The Morgan fingerprint density at radius 1 is 1.08 bits per heavy atom. The molecule has 0 aromatic carbocycles. The molecule has 1 amide bonds. The Labute approximate surface area is 143 Å². The van der Waals surface area contributed by atoms with Crippen LogP contribution >= 0.6 is 0 Å². The van der Waals surface area contributed by atoms with E-state index in [1.807, 2.05) is 9.80 Å². The lowest BCUT2D eigenvalue weighted by Gasteiger charge is -2.24. The minimum atomic E-state index is -4.36. The molecule has 0 saturated carbocycles. The molecule has 4 heterocycles. The molecule has 2 N–H and O–H groups in total. The molecule has 136 valence electrons. The Balaban J connectivity index is 1.37. The summed E-state index contributed by atoms with van der Waals surface area (Å²) in [6.45, 7) is 4.22. The van der Waals surface area contributed by atoms with Gasteiger partial charge in [-0.15, -0.1) is 0 Å². The Kier molecular flexibility index (Phi) is 4.07. The van der Waals surface area contributed by atoms with Gasteiger partial charge >= 0.3 is 6.18 Å². The highest BCUT2D eigenvalue weighted by molar-refractivity contribution is 5.80. The Morgan fingerprint density at radius 3 is 2.24 bits per heavy atom. The number of halogens is 3. The van der Waals surface area contributed by atoms with Gasteiger partial charge in [-0.1, -0.05) is 0 Å². The van der Waals surface area contributed by atoms with Crippen molar-refractivity contribution in [3.8, 4) is 0 Å². The molecule has 3 aliphatic heterocycles. The summed E-state index contributed by atoms with van der Waals surface area (Å²) in [4.78, 5) is 20.4. The van der Waals surface area contributed by atoms with E-state index in [2.05, 4.69) is 15.8 Å². The summed E-state index contributed by atoms with van der Waals surface area (Å²) < 4.78 is 37.9. The first-order chi connectivity index (χ1) is 11.9. The van der Waals surface area contributed by atoms with Crippen molar-refractivity contribution < 1.29 is 18.0 Å². The highest BCUT2D eigenvalue weighted by Crippen LogP contribution is 2.35. The standard InChI is InChI=1S/C16H20F3N5O/c17-16(18,19)13-1-2-14(20-5-13)23-6-11-8-24(9-12(11)7-23)15(25)10-3-21-22-4-10/h1-2,5,10-12,21-22H,3-4,6-9H2. The van der Waals surface area contributed by atoms with Gasteiger partial charge in [0.2, 0.25) is 5.91 Å².